The Balaban J connectivity index is 2.14. The van der Waals surface area contributed by atoms with E-state index in [1.165, 1.54) is 0 Å². The number of hydrogen-bond acceptors (Lipinski definition) is 5. The molecule has 6 heteroatoms. The summed E-state index contributed by atoms with van der Waals surface area (Å²) in [5.41, 5.74) is 0. The number of rotatable bonds is 4. The van der Waals surface area contributed by atoms with E-state index in [9.17, 15) is 5.11 Å². The predicted octanol–water partition coefficient (Wildman–Crippen LogP) is 2.16. The number of aromatic nitrogens is 2. The van der Waals surface area contributed by atoms with E-state index >= 15 is 0 Å². The van der Waals surface area contributed by atoms with Crippen LogP contribution in [-0.2, 0) is 0 Å². The van der Waals surface area contributed by atoms with Gasteiger partial charge in [0.25, 0.3) is 0 Å². The fourth-order valence-corrected chi connectivity index (χ4v) is 2.35. The van der Waals surface area contributed by atoms with Crippen LogP contribution >= 0.6 is 11.6 Å². The average molecular weight is 285 g/mol. The first kappa shape index (κ1) is 14.3. The van der Waals surface area contributed by atoms with Crippen molar-refractivity contribution in [3.8, 4) is 0 Å². The molecule has 0 radical (unpaired) electrons. The van der Waals surface area contributed by atoms with Crippen LogP contribution in [0.25, 0.3) is 0 Å². The quantitative estimate of drug-likeness (QED) is 0.887. The zero-order valence-corrected chi connectivity index (χ0v) is 12.2. The lowest BCUT2D eigenvalue weighted by atomic mass is 9.96. The van der Waals surface area contributed by atoms with Crippen molar-refractivity contribution in [1.82, 2.24) is 9.97 Å². The maximum atomic E-state index is 9.97. The summed E-state index contributed by atoms with van der Waals surface area (Å²) in [4.78, 5) is 10.6. The third-order valence-electron chi connectivity index (χ3n) is 3.48. The lowest BCUT2D eigenvalue weighted by Crippen LogP contribution is -2.43. The molecule has 1 aliphatic rings. The van der Waals surface area contributed by atoms with Gasteiger partial charge in [0.2, 0.25) is 5.95 Å². The number of anilines is 2. The highest BCUT2D eigenvalue weighted by molar-refractivity contribution is 6.32. The second kappa shape index (κ2) is 6.39. The van der Waals surface area contributed by atoms with Crippen molar-refractivity contribution in [3.63, 3.8) is 0 Å². The van der Waals surface area contributed by atoms with E-state index in [0.29, 0.717) is 29.3 Å². The molecular formula is C13H21ClN4O. The van der Waals surface area contributed by atoms with Crippen molar-refractivity contribution in [2.24, 2.45) is 5.92 Å². The summed E-state index contributed by atoms with van der Waals surface area (Å²) >= 11 is 6.17. The highest BCUT2D eigenvalue weighted by Crippen LogP contribution is 2.28. The molecule has 2 rings (SSSR count). The average Bonchev–Trinajstić information content (AvgIpc) is 2.41. The van der Waals surface area contributed by atoms with Crippen LogP contribution < -0.4 is 10.2 Å². The van der Waals surface area contributed by atoms with Gasteiger partial charge in [0.05, 0.1) is 12.3 Å². The van der Waals surface area contributed by atoms with Gasteiger partial charge in [0, 0.05) is 19.6 Å². The molecular weight excluding hydrogens is 264 g/mol. The van der Waals surface area contributed by atoms with Crippen LogP contribution in [0, 0.1) is 5.92 Å². The SMILES string of the molecule is CCCNc1ncc(Cl)c(N2CCC(C)C(O)C2)n1. The molecule has 0 saturated carbocycles. The molecule has 106 valence electrons. The molecule has 0 bridgehead atoms. The molecule has 1 aromatic rings. The summed E-state index contributed by atoms with van der Waals surface area (Å²) in [6, 6.07) is 0. The molecule has 19 heavy (non-hydrogen) atoms. The summed E-state index contributed by atoms with van der Waals surface area (Å²) < 4.78 is 0. The standard InChI is InChI=1S/C13H21ClN4O/c1-3-5-15-13-16-7-10(14)12(17-13)18-6-4-9(2)11(19)8-18/h7,9,11,19H,3-6,8H2,1-2H3,(H,15,16,17). The molecule has 1 saturated heterocycles. The first-order valence-electron chi connectivity index (χ1n) is 6.81. The van der Waals surface area contributed by atoms with Gasteiger partial charge >= 0.3 is 0 Å². The number of hydrogen-bond donors (Lipinski definition) is 2. The summed E-state index contributed by atoms with van der Waals surface area (Å²) in [6.45, 7) is 6.43. The molecule has 1 aliphatic heterocycles. The summed E-state index contributed by atoms with van der Waals surface area (Å²) in [5, 5.41) is 13.6. The fourth-order valence-electron chi connectivity index (χ4n) is 2.14. The smallest absolute Gasteiger partial charge is 0.224 e. The molecule has 0 aromatic carbocycles. The Morgan fingerprint density at radius 1 is 1.58 bits per heavy atom. The maximum Gasteiger partial charge on any atom is 0.224 e. The van der Waals surface area contributed by atoms with Crippen molar-refractivity contribution < 1.29 is 5.11 Å². The van der Waals surface area contributed by atoms with Crippen molar-refractivity contribution in [2.75, 3.05) is 29.9 Å². The highest BCUT2D eigenvalue weighted by atomic mass is 35.5. The highest BCUT2D eigenvalue weighted by Gasteiger charge is 2.26. The molecule has 0 spiro atoms. The monoisotopic (exact) mass is 284 g/mol. The fraction of sp³-hybridized carbons (Fsp3) is 0.692. The van der Waals surface area contributed by atoms with Gasteiger partial charge in [-0.3, -0.25) is 0 Å². The minimum atomic E-state index is -0.327. The Hall–Kier alpha value is -1.07. The zero-order chi connectivity index (χ0) is 13.8. The third-order valence-corrected chi connectivity index (χ3v) is 3.74. The lowest BCUT2D eigenvalue weighted by molar-refractivity contribution is 0.102. The summed E-state index contributed by atoms with van der Waals surface area (Å²) in [7, 11) is 0. The van der Waals surface area contributed by atoms with Gasteiger partial charge in [-0.1, -0.05) is 25.4 Å². The Morgan fingerprint density at radius 3 is 3.05 bits per heavy atom. The minimum Gasteiger partial charge on any atom is -0.391 e. The number of nitrogens with one attached hydrogen (secondary N) is 1. The van der Waals surface area contributed by atoms with Crippen LogP contribution in [0.3, 0.4) is 0 Å². The lowest BCUT2D eigenvalue weighted by Gasteiger charge is -2.35. The van der Waals surface area contributed by atoms with Gasteiger partial charge in [-0.05, 0) is 18.8 Å². The summed E-state index contributed by atoms with van der Waals surface area (Å²) in [6.07, 6.45) is 3.25. The number of nitrogens with zero attached hydrogens (tertiary/aromatic N) is 3. The second-order valence-electron chi connectivity index (χ2n) is 5.07. The van der Waals surface area contributed by atoms with Gasteiger partial charge < -0.3 is 15.3 Å². The first-order valence-corrected chi connectivity index (χ1v) is 7.19. The summed E-state index contributed by atoms with van der Waals surface area (Å²) in [5.74, 6) is 1.63. The van der Waals surface area contributed by atoms with Crippen LogP contribution in [-0.4, -0.2) is 40.8 Å². The van der Waals surface area contributed by atoms with Crippen LogP contribution in [0.2, 0.25) is 5.02 Å². The Kier molecular flexibility index (Phi) is 4.82. The van der Waals surface area contributed by atoms with Crippen LogP contribution in [0.1, 0.15) is 26.7 Å². The largest absolute Gasteiger partial charge is 0.391 e. The van der Waals surface area contributed by atoms with E-state index in [1.807, 2.05) is 4.90 Å². The molecule has 2 N–H and O–H groups in total. The predicted molar refractivity (Wildman–Crippen MR) is 77.8 cm³/mol. The molecule has 2 atom stereocenters. The van der Waals surface area contributed by atoms with Gasteiger partial charge in [0.15, 0.2) is 5.82 Å². The van der Waals surface area contributed by atoms with E-state index in [1.54, 1.807) is 6.20 Å². The number of aliphatic hydroxyl groups is 1. The van der Waals surface area contributed by atoms with E-state index in [-0.39, 0.29) is 6.10 Å². The van der Waals surface area contributed by atoms with Crippen LogP contribution in [0.5, 0.6) is 0 Å². The van der Waals surface area contributed by atoms with Gasteiger partial charge in [-0.15, -0.1) is 0 Å². The second-order valence-corrected chi connectivity index (χ2v) is 5.48. The van der Waals surface area contributed by atoms with Gasteiger partial charge in [0.1, 0.15) is 5.02 Å². The van der Waals surface area contributed by atoms with Crippen molar-refractivity contribution in [3.05, 3.63) is 11.2 Å². The molecule has 1 fully saturated rings. The topological polar surface area (TPSA) is 61.3 Å². The van der Waals surface area contributed by atoms with Crippen molar-refractivity contribution in [1.29, 1.82) is 0 Å². The van der Waals surface area contributed by atoms with Gasteiger partial charge in [-0.25, -0.2) is 4.98 Å². The number of β-amino-alcohol motifs (C(OH)–C–C–N with tert-alkyl or cyclic N) is 1. The first-order chi connectivity index (χ1) is 9.11. The van der Waals surface area contributed by atoms with E-state index < -0.39 is 0 Å². The Morgan fingerprint density at radius 2 is 2.37 bits per heavy atom. The van der Waals surface area contributed by atoms with E-state index in [0.717, 1.165) is 25.9 Å². The Labute approximate surface area is 119 Å². The van der Waals surface area contributed by atoms with Crippen LogP contribution in [0.15, 0.2) is 6.20 Å². The molecule has 2 unspecified atom stereocenters. The molecule has 2 heterocycles. The number of aliphatic hydroxyl groups excluding tert-OH is 1. The molecule has 0 amide bonds. The third kappa shape index (κ3) is 3.48. The number of halogens is 1. The number of piperidine rings is 1. The van der Waals surface area contributed by atoms with E-state index in [4.69, 9.17) is 11.6 Å². The van der Waals surface area contributed by atoms with Crippen molar-refractivity contribution >= 4 is 23.4 Å². The van der Waals surface area contributed by atoms with E-state index in [2.05, 4.69) is 29.1 Å². The molecule has 5 nitrogen and oxygen atoms in total. The normalized spacial score (nSPS) is 23.5. The minimum absolute atomic E-state index is 0.327. The maximum absolute atomic E-state index is 9.97. The van der Waals surface area contributed by atoms with Crippen LogP contribution in [0.4, 0.5) is 11.8 Å². The zero-order valence-electron chi connectivity index (χ0n) is 11.4. The molecule has 0 aliphatic carbocycles. The Bertz CT molecular complexity index is 429. The molecule has 1 aromatic heterocycles. The van der Waals surface area contributed by atoms with Gasteiger partial charge in [-0.2, -0.15) is 4.98 Å². The van der Waals surface area contributed by atoms with Crippen molar-refractivity contribution in [2.45, 2.75) is 32.8 Å².